The fraction of sp³-hybridized carbons (Fsp3) is 0. The molecular weight excluding hydrogens is 474 g/mol. The average molecular weight is 494 g/mol. The van der Waals surface area contributed by atoms with E-state index in [2.05, 4.69) is 39.3 Å². The molecule has 6 heterocycles. The molecule has 0 N–H and O–H groups in total. The Hall–Kier alpha value is -4.99. The lowest BCUT2D eigenvalue weighted by atomic mass is 9.90. The Kier molecular flexibility index (Phi) is 6.27. The van der Waals surface area contributed by atoms with Crippen molar-refractivity contribution in [1.82, 2.24) is 24.9 Å². The highest BCUT2D eigenvalue weighted by Crippen LogP contribution is 2.46. The van der Waals surface area contributed by atoms with Gasteiger partial charge in [-0.2, -0.15) is 0 Å². The Balaban J connectivity index is 1.77. The van der Waals surface area contributed by atoms with Crippen LogP contribution in [-0.4, -0.2) is 24.9 Å². The van der Waals surface area contributed by atoms with E-state index in [-0.39, 0.29) is 0 Å². The van der Waals surface area contributed by atoms with E-state index in [9.17, 15) is 0 Å². The van der Waals surface area contributed by atoms with Gasteiger partial charge in [0, 0.05) is 69.9 Å². The highest BCUT2D eigenvalue weighted by molar-refractivity contribution is 7.13. The van der Waals surface area contributed by atoms with Crippen molar-refractivity contribution in [3.8, 4) is 56.1 Å². The molecule has 0 aromatic carbocycles. The van der Waals surface area contributed by atoms with Crippen LogP contribution in [0.15, 0.2) is 115 Å². The molecule has 0 atom stereocenters. The minimum Gasteiger partial charge on any atom is -0.264 e. The second kappa shape index (κ2) is 10.3. The SMILES string of the molecule is C(#Cc1nc(-c2cccnc2)c(-c2ccccn2)c(-c2cccs2)c1-c1ccccn1)c1cccnc1. The van der Waals surface area contributed by atoms with Gasteiger partial charge in [-0.15, -0.1) is 11.3 Å². The zero-order valence-corrected chi connectivity index (χ0v) is 20.4. The van der Waals surface area contributed by atoms with Crippen LogP contribution in [0.2, 0.25) is 0 Å². The van der Waals surface area contributed by atoms with Crippen molar-refractivity contribution >= 4 is 11.3 Å². The Labute approximate surface area is 218 Å². The maximum atomic E-state index is 5.17. The first-order chi connectivity index (χ1) is 18.4. The van der Waals surface area contributed by atoms with Crippen LogP contribution in [0.25, 0.3) is 44.2 Å². The zero-order chi connectivity index (χ0) is 24.9. The molecule has 6 aromatic rings. The highest BCUT2D eigenvalue weighted by Gasteiger charge is 2.25. The molecule has 0 amide bonds. The Morgan fingerprint density at radius 2 is 1.35 bits per heavy atom. The standard InChI is InChI=1S/C31H19N5S/c1-3-17-34-24(10-1)28-26(14-13-22-8-5-15-32-20-22)36-31(23-9-6-16-33-21-23)29(25-11-2-4-18-35-25)30(28)27-12-7-19-37-27/h1-12,15-21H. The maximum absolute atomic E-state index is 5.17. The van der Waals surface area contributed by atoms with Gasteiger partial charge in [0.15, 0.2) is 0 Å². The van der Waals surface area contributed by atoms with Crippen LogP contribution < -0.4 is 0 Å². The van der Waals surface area contributed by atoms with Crippen molar-refractivity contribution in [2.75, 3.05) is 0 Å². The molecule has 0 aliphatic heterocycles. The summed E-state index contributed by atoms with van der Waals surface area (Å²) in [7, 11) is 0. The van der Waals surface area contributed by atoms with E-state index in [0.29, 0.717) is 5.69 Å². The minimum atomic E-state index is 0.629. The fourth-order valence-corrected chi connectivity index (χ4v) is 4.93. The molecule has 0 bridgehead atoms. The molecule has 0 fully saturated rings. The number of thiophene rings is 1. The first-order valence-electron chi connectivity index (χ1n) is 11.7. The van der Waals surface area contributed by atoms with Gasteiger partial charge >= 0.3 is 0 Å². The van der Waals surface area contributed by atoms with E-state index in [1.807, 2.05) is 66.9 Å². The van der Waals surface area contributed by atoms with E-state index in [1.54, 1.807) is 42.3 Å². The number of rotatable bonds is 4. The Morgan fingerprint density at radius 3 is 1.97 bits per heavy atom. The van der Waals surface area contributed by atoms with Crippen molar-refractivity contribution in [1.29, 1.82) is 0 Å². The molecule has 37 heavy (non-hydrogen) atoms. The molecule has 0 spiro atoms. The van der Waals surface area contributed by atoms with Crippen LogP contribution in [0.1, 0.15) is 11.3 Å². The number of pyridine rings is 5. The van der Waals surface area contributed by atoms with Crippen LogP contribution in [-0.2, 0) is 0 Å². The van der Waals surface area contributed by atoms with Crippen LogP contribution in [0.3, 0.4) is 0 Å². The monoisotopic (exact) mass is 493 g/mol. The quantitative estimate of drug-likeness (QED) is 0.253. The summed E-state index contributed by atoms with van der Waals surface area (Å²) in [6, 6.07) is 23.7. The lowest BCUT2D eigenvalue weighted by Gasteiger charge is -2.19. The third-order valence-electron chi connectivity index (χ3n) is 5.73. The highest BCUT2D eigenvalue weighted by atomic mass is 32.1. The van der Waals surface area contributed by atoms with Gasteiger partial charge in [-0.05, 0) is 65.9 Å². The molecule has 0 saturated carbocycles. The molecule has 0 aliphatic rings. The van der Waals surface area contributed by atoms with E-state index in [4.69, 9.17) is 15.0 Å². The minimum absolute atomic E-state index is 0.629. The summed E-state index contributed by atoms with van der Waals surface area (Å²) in [6.45, 7) is 0. The van der Waals surface area contributed by atoms with Crippen molar-refractivity contribution < 1.29 is 0 Å². The molecule has 0 saturated heterocycles. The third-order valence-corrected chi connectivity index (χ3v) is 6.62. The van der Waals surface area contributed by atoms with Crippen LogP contribution in [0, 0.1) is 11.8 Å². The van der Waals surface area contributed by atoms with Crippen molar-refractivity contribution in [2.45, 2.75) is 0 Å². The van der Waals surface area contributed by atoms with Crippen molar-refractivity contribution in [3.63, 3.8) is 0 Å². The topological polar surface area (TPSA) is 64.5 Å². The van der Waals surface area contributed by atoms with Gasteiger partial charge in [0.1, 0.15) is 5.69 Å². The first kappa shape index (κ1) is 22.5. The third kappa shape index (κ3) is 4.64. The number of aromatic nitrogens is 5. The lowest BCUT2D eigenvalue weighted by Crippen LogP contribution is -2.03. The van der Waals surface area contributed by atoms with Crippen LogP contribution in [0.5, 0.6) is 0 Å². The van der Waals surface area contributed by atoms with Gasteiger partial charge in [-0.25, -0.2) is 4.98 Å². The van der Waals surface area contributed by atoms with Gasteiger partial charge < -0.3 is 0 Å². The summed E-state index contributed by atoms with van der Waals surface area (Å²) in [5, 5.41) is 2.07. The normalized spacial score (nSPS) is 10.5. The smallest absolute Gasteiger partial charge is 0.124 e. The molecule has 6 rings (SSSR count). The van der Waals surface area contributed by atoms with Crippen LogP contribution in [0.4, 0.5) is 0 Å². The molecule has 0 radical (unpaired) electrons. The Morgan fingerprint density at radius 1 is 0.595 bits per heavy atom. The van der Waals surface area contributed by atoms with E-state index in [0.717, 1.165) is 49.8 Å². The summed E-state index contributed by atoms with van der Waals surface area (Å²) in [5.74, 6) is 6.59. The molecule has 0 aliphatic carbocycles. The summed E-state index contributed by atoms with van der Waals surface area (Å²) in [5.41, 5.74) is 7.50. The molecule has 5 nitrogen and oxygen atoms in total. The fourth-order valence-electron chi connectivity index (χ4n) is 4.14. The molecule has 174 valence electrons. The van der Waals surface area contributed by atoms with Crippen LogP contribution >= 0.6 is 11.3 Å². The van der Waals surface area contributed by atoms with E-state index >= 15 is 0 Å². The van der Waals surface area contributed by atoms with E-state index < -0.39 is 0 Å². The number of hydrogen-bond donors (Lipinski definition) is 0. The largest absolute Gasteiger partial charge is 0.264 e. The first-order valence-corrected chi connectivity index (χ1v) is 12.5. The van der Waals surface area contributed by atoms with Gasteiger partial charge in [0.05, 0.1) is 17.1 Å². The molecular formula is C31H19N5S. The van der Waals surface area contributed by atoms with Gasteiger partial charge in [0.2, 0.25) is 0 Å². The van der Waals surface area contributed by atoms with E-state index in [1.165, 1.54) is 0 Å². The predicted molar refractivity (Wildman–Crippen MR) is 147 cm³/mol. The molecule has 6 aromatic heterocycles. The zero-order valence-electron chi connectivity index (χ0n) is 19.6. The predicted octanol–water partition coefficient (Wildman–Crippen LogP) is 6.79. The summed E-state index contributed by atoms with van der Waals surface area (Å²) in [4.78, 5) is 24.3. The second-order valence-corrected chi connectivity index (χ2v) is 9.02. The Bertz CT molecular complexity index is 1690. The maximum Gasteiger partial charge on any atom is 0.124 e. The number of nitrogens with zero attached hydrogens (tertiary/aromatic N) is 5. The van der Waals surface area contributed by atoms with Gasteiger partial charge in [-0.3, -0.25) is 19.9 Å². The summed E-state index contributed by atoms with van der Waals surface area (Å²) in [6.07, 6.45) is 10.7. The van der Waals surface area contributed by atoms with Gasteiger partial charge in [0.25, 0.3) is 0 Å². The lowest BCUT2D eigenvalue weighted by molar-refractivity contribution is 1.23. The number of hydrogen-bond acceptors (Lipinski definition) is 6. The van der Waals surface area contributed by atoms with Gasteiger partial charge in [-0.1, -0.05) is 24.1 Å². The molecule has 0 unspecified atom stereocenters. The van der Waals surface area contributed by atoms with Crippen molar-refractivity contribution in [3.05, 3.63) is 127 Å². The summed E-state index contributed by atoms with van der Waals surface area (Å²) < 4.78 is 0. The second-order valence-electron chi connectivity index (χ2n) is 8.07. The van der Waals surface area contributed by atoms with Crippen molar-refractivity contribution in [2.24, 2.45) is 0 Å². The average Bonchev–Trinajstić information content (AvgIpc) is 3.52. The molecule has 6 heteroatoms. The summed E-state index contributed by atoms with van der Waals surface area (Å²) >= 11 is 1.66.